The van der Waals surface area contributed by atoms with Crippen LogP contribution in [-0.4, -0.2) is 46.2 Å². The molecule has 0 spiro atoms. The summed E-state index contributed by atoms with van der Waals surface area (Å²) < 4.78 is 5.31. The number of benzene rings is 3. The summed E-state index contributed by atoms with van der Waals surface area (Å²) in [5, 5.41) is 23.0. The monoisotopic (exact) mass is 420 g/mol. The van der Waals surface area contributed by atoms with Gasteiger partial charge in [-0.1, -0.05) is 30.0 Å². The maximum atomic E-state index is 10.8. The highest BCUT2D eigenvalue weighted by atomic mass is 32.2. The molecule has 0 bridgehead atoms. The number of hydrogen-bond acceptors (Lipinski definition) is 6. The molecule has 8 heteroatoms. The molecule has 0 atom stereocenters. The molecule has 0 unspecified atom stereocenters. The molecule has 0 saturated heterocycles. The van der Waals surface area contributed by atoms with Crippen LogP contribution in [0.3, 0.4) is 0 Å². The molecule has 1 aromatic heterocycles. The normalized spacial score (nSPS) is 10.9. The van der Waals surface area contributed by atoms with Crippen molar-refractivity contribution in [3.8, 4) is 28.3 Å². The van der Waals surface area contributed by atoms with Crippen molar-refractivity contribution < 1.29 is 14.6 Å². The van der Waals surface area contributed by atoms with E-state index in [0.717, 1.165) is 50.7 Å². The van der Waals surface area contributed by atoms with Gasteiger partial charge < -0.3 is 20.1 Å². The number of aromatic amines is 1. The summed E-state index contributed by atoms with van der Waals surface area (Å²) in [4.78, 5) is 13.9. The molecular weight excluding hydrogens is 400 g/mol. The van der Waals surface area contributed by atoms with Gasteiger partial charge in [-0.05, 0) is 58.3 Å². The molecular formula is C22H20N4O3S. The van der Waals surface area contributed by atoms with E-state index in [-0.39, 0.29) is 5.75 Å². The van der Waals surface area contributed by atoms with Gasteiger partial charge in [-0.15, -0.1) is 10.2 Å². The van der Waals surface area contributed by atoms with E-state index in [1.807, 2.05) is 37.4 Å². The Morgan fingerprint density at radius 1 is 1.03 bits per heavy atom. The average Bonchev–Trinajstić information content (AvgIpc) is 3.25. The third-order valence-electron chi connectivity index (χ3n) is 4.67. The molecule has 7 nitrogen and oxygen atoms in total. The molecule has 0 radical (unpaired) electrons. The molecule has 0 aliphatic rings. The summed E-state index contributed by atoms with van der Waals surface area (Å²) in [6.45, 7) is 0. The van der Waals surface area contributed by atoms with Crippen LogP contribution in [0.5, 0.6) is 5.75 Å². The minimum absolute atomic E-state index is 0.0711. The standard InChI is InChI=1S/C22H20N4O3S/c1-23-18-9-16(14-3-4-15-11-19(29-2)6-5-13(15)7-14)8-17(10-18)21-24-22(26-25-21)30-12-20(27)28/h3-11,23H,12H2,1-2H3,(H,27,28)(H,24,25,26). The lowest BCUT2D eigenvalue weighted by Crippen LogP contribution is -1.97. The molecule has 0 saturated carbocycles. The number of aromatic nitrogens is 3. The second-order valence-corrected chi connectivity index (χ2v) is 7.60. The molecule has 0 fully saturated rings. The van der Waals surface area contributed by atoms with Gasteiger partial charge in [0.2, 0.25) is 0 Å². The number of ether oxygens (including phenoxy) is 1. The van der Waals surface area contributed by atoms with Crippen molar-refractivity contribution in [3.05, 3.63) is 54.6 Å². The van der Waals surface area contributed by atoms with Gasteiger partial charge in [0.25, 0.3) is 0 Å². The quantitative estimate of drug-likeness (QED) is 0.378. The van der Waals surface area contributed by atoms with Crippen molar-refractivity contribution in [2.24, 2.45) is 0 Å². The van der Waals surface area contributed by atoms with Crippen LogP contribution >= 0.6 is 11.8 Å². The van der Waals surface area contributed by atoms with Gasteiger partial charge in [0.1, 0.15) is 5.75 Å². The number of fused-ring (bicyclic) bond motifs is 1. The molecule has 30 heavy (non-hydrogen) atoms. The largest absolute Gasteiger partial charge is 0.497 e. The Bertz CT molecular complexity index is 1220. The molecule has 0 aliphatic heterocycles. The molecule has 152 valence electrons. The molecule has 3 aromatic carbocycles. The number of carbonyl (C=O) groups is 1. The number of carboxylic acid groups (broad SMARTS) is 1. The predicted octanol–water partition coefficient (Wildman–Crippen LogP) is 4.52. The number of carboxylic acids is 1. The minimum atomic E-state index is -0.897. The Labute approximate surface area is 177 Å². The SMILES string of the molecule is CNc1cc(-c2ccc3cc(OC)ccc3c2)cc(-c2nnc(SCC(=O)O)[nH]2)c1. The van der Waals surface area contributed by atoms with Gasteiger partial charge in [-0.25, -0.2) is 0 Å². The summed E-state index contributed by atoms with van der Waals surface area (Å²) in [6.07, 6.45) is 0. The first-order chi connectivity index (χ1) is 14.6. The number of nitrogens with one attached hydrogen (secondary N) is 2. The fourth-order valence-corrected chi connectivity index (χ4v) is 3.70. The second-order valence-electron chi connectivity index (χ2n) is 6.64. The van der Waals surface area contributed by atoms with Crippen LogP contribution in [0.15, 0.2) is 59.8 Å². The van der Waals surface area contributed by atoms with E-state index in [4.69, 9.17) is 9.84 Å². The predicted molar refractivity (Wildman–Crippen MR) is 119 cm³/mol. The summed E-state index contributed by atoms with van der Waals surface area (Å²) in [5.41, 5.74) is 3.91. The fraction of sp³-hybridized carbons (Fsp3) is 0.136. The highest BCUT2D eigenvalue weighted by Gasteiger charge is 2.11. The Balaban J connectivity index is 1.71. The van der Waals surface area contributed by atoms with Crippen molar-refractivity contribution in [1.82, 2.24) is 15.2 Å². The van der Waals surface area contributed by atoms with Crippen molar-refractivity contribution in [1.29, 1.82) is 0 Å². The smallest absolute Gasteiger partial charge is 0.313 e. The van der Waals surface area contributed by atoms with Gasteiger partial charge in [0, 0.05) is 18.3 Å². The highest BCUT2D eigenvalue weighted by Crippen LogP contribution is 2.32. The van der Waals surface area contributed by atoms with Crippen LogP contribution in [0.1, 0.15) is 0 Å². The molecule has 3 N–H and O–H groups in total. The Hall–Kier alpha value is -3.52. The topological polar surface area (TPSA) is 100 Å². The summed E-state index contributed by atoms with van der Waals surface area (Å²) in [5.74, 6) is 0.452. The van der Waals surface area contributed by atoms with Gasteiger partial charge in [-0.3, -0.25) is 4.79 Å². The lowest BCUT2D eigenvalue weighted by atomic mass is 9.98. The number of H-pyrrole nitrogens is 1. The first-order valence-electron chi connectivity index (χ1n) is 9.24. The molecule has 4 rings (SSSR count). The summed E-state index contributed by atoms with van der Waals surface area (Å²) >= 11 is 1.10. The van der Waals surface area contributed by atoms with Gasteiger partial charge in [0.15, 0.2) is 11.0 Å². The van der Waals surface area contributed by atoms with E-state index in [1.165, 1.54) is 0 Å². The van der Waals surface area contributed by atoms with E-state index >= 15 is 0 Å². The van der Waals surface area contributed by atoms with Crippen LogP contribution in [0.25, 0.3) is 33.3 Å². The zero-order valence-electron chi connectivity index (χ0n) is 16.5. The average molecular weight is 420 g/mol. The Morgan fingerprint density at radius 2 is 1.80 bits per heavy atom. The van der Waals surface area contributed by atoms with E-state index in [0.29, 0.717) is 11.0 Å². The van der Waals surface area contributed by atoms with Crippen LogP contribution in [0.2, 0.25) is 0 Å². The number of anilines is 1. The van der Waals surface area contributed by atoms with Gasteiger partial charge >= 0.3 is 5.97 Å². The number of methoxy groups -OCH3 is 1. The number of hydrogen-bond donors (Lipinski definition) is 3. The fourth-order valence-electron chi connectivity index (χ4n) is 3.18. The number of aliphatic carboxylic acids is 1. The van der Waals surface area contributed by atoms with E-state index in [2.05, 4.69) is 44.8 Å². The first-order valence-corrected chi connectivity index (χ1v) is 10.2. The second kappa shape index (κ2) is 8.46. The van der Waals surface area contributed by atoms with E-state index in [9.17, 15) is 4.79 Å². The van der Waals surface area contributed by atoms with Crippen molar-refractivity contribution in [2.45, 2.75) is 5.16 Å². The number of thioether (sulfide) groups is 1. The zero-order chi connectivity index (χ0) is 21.1. The summed E-state index contributed by atoms with van der Waals surface area (Å²) in [6, 6.07) is 18.4. The van der Waals surface area contributed by atoms with Crippen molar-refractivity contribution >= 4 is 34.2 Å². The third-order valence-corrected chi connectivity index (χ3v) is 5.52. The highest BCUT2D eigenvalue weighted by molar-refractivity contribution is 7.99. The lowest BCUT2D eigenvalue weighted by molar-refractivity contribution is -0.133. The minimum Gasteiger partial charge on any atom is -0.497 e. The van der Waals surface area contributed by atoms with Gasteiger partial charge in [-0.2, -0.15) is 0 Å². The Morgan fingerprint density at radius 3 is 2.57 bits per heavy atom. The van der Waals surface area contributed by atoms with Crippen LogP contribution in [-0.2, 0) is 4.79 Å². The maximum Gasteiger partial charge on any atom is 0.313 e. The molecule has 0 aliphatic carbocycles. The maximum absolute atomic E-state index is 10.8. The van der Waals surface area contributed by atoms with E-state index in [1.54, 1.807) is 7.11 Å². The van der Waals surface area contributed by atoms with Gasteiger partial charge in [0.05, 0.1) is 12.9 Å². The van der Waals surface area contributed by atoms with Crippen molar-refractivity contribution in [2.75, 3.05) is 25.2 Å². The van der Waals surface area contributed by atoms with Crippen LogP contribution < -0.4 is 10.1 Å². The number of rotatable bonds is 7. The first kappa shape index (κ1) is 19.8. The number of nitrogens with zero attached hydrogens (tertiary/aromatic N) is 2. The molecule has 0 amide bonds. The van der Waals surface area contributed by atoms with E-state index < -0.39 is 5.97 Å². The summed E-state index contributed by atoms with van der Waals surface area (Å²) in [7, 11) is 3.53. The lowest BCUT2D eigenvalue weighted by Gasteiger charge is -2.10. The van der Waals surface area contributed by atoms with Crippen molar-refractivity contribution in [3.63, 3.8) is 0 Å². The third kappa shape index (κ3) is 4.23. The zero-order valence-corrected chi connectivity index (χ0v) is 17.3. The van der Waals surface area contributed by atoms with Crippen LogP contribution in [0, 0.1) is 0 Å². The molecule has 4 aromatic rings. The van der Waals surface area contributed by atoms with Crippen LogP contribution in [0.4, 0.5) is 5.69 Å². The Kier molecular flexibility index (Phi) is 5.58. The molecule has 1 heterocycles.